The lowest BCUT2D eigenvalue weighted by atomic mass is 10.1. The topological polar surface area (TPSA) is 36.1 Å². The fraction of sp³-hybridized carbons (Fsp3) is 0.400. The predicted molar refractivity (Wildman–Crippen MR) is 57.9 cm³/mol. The quantitative estimate of drug-likeness (QED) is 0.591. The number of aliphatic imine (C=N–C) groups is 1. The van der Waals surface area contributed by atoms with Gasteiger partial charge in [-0.05, 0) is 25.7 Å². The van der Waals surface area contributed by atoms with Gasteiger partial charge < -0.3 is 0 Å². The van der Waals surface area contributed by atoms with Crippen LogP contribution in [0.25, 0.3) is 0 Å². The van der Waals surface area contributed by atoms with E-state index in [1.54, 1.807) is 0 Å². The zero-order chi connectivity index (χ0) is 9.84. The minimum atomic E-state index is 0.707. The molecule has 3 heteroatoms. The number of allylic oxidation sites excluding steroid dienone is 2. The van der Waals surface area contributed by atoms with Crippen LogP contribution >= 0.6 is 11.8 Å². The first-order valence-electron chi connectivity index (χ1n) is 4.06. The van der Waals surface area contributed by atoms with Crippen molar-refractivity contribution < 1.29 is 0 Å². The van der Waals surface area contributed by atoms with Crippen molar-refractivity contribution >= 4 is 16.8 Å². The van der Waals surface area contributed by atoms with Crippen molar-refractivity contribution in [1.29, 1.82) is 5.26 Å². The van der Waals surface area contributed by atoms with Gasteiger partial charge in [-0.2, -0.15) is 5.26 Å². The molecule has 0 N–H and O–H groups in total. The molecule has 68 valence electrons. The highest BCUT2D eigenvalue weighted by Crippen LogP contribution is 2.19. The molecule has 0 saturated heterocycles. The minimum Gasteiger partial charge on any atom is -0.273 e. The molecule has 1 aliphatic heterocycles. The maximum atomic E-state index is 8.94. The Labute approximate surface area is 83.0 Å². The third-order valence-corrected chi connectivity index (χ3v) is 2.57. The molecule has 0 aromatic heterocycles. The highest BCUT2D eigenvalue weighted by atomic mass is 32.2. The zero-order valence-electron chi connectivity index (χ0n) is 8.09. The lowest BCUT2D eigenvalue weighted by molar-refractivity contribution is 1.14. The highest BCUT2D eigenvalue weighted by molar-refractivity contribution is 8.13. The number of nitriles is 1. The Morgan fingerprint density at radius 1 is 1.54 bits per heavy atom. The smallest absolute Gasteiger partial charge is 0.109 e. The van der Waals surface area contributed by atoms with E-state index < -0.39 is 0 Å². The summed E-state index contributed by atoms with van der Waals surface area (Å²) in [6.07, 6.45) is 3.98. The van der Waals surface area contributed by atoms with E-state index in [1.807, 2.05) is 26.2 Å². The van der Waals surface area contributed by atoms with E-state index in [-0.39, 0.29) is 0 Å². The summed E-state index contributed by atoms with van der Waals surface area (Å²) in [5.41, 5.74) is 2.93. The number of hydrogen-bond acceptors (Lipinski definition) is 3. The molecule has 0 aliphatic carbocycles. The zero-order valence-corrected chi connectivity index (χ0v) is 8.90. The fourth-order valence-electron chi connectivity index (χ4n) is 1.23. The molecule has 1 aliphatic rings. The maximum absolute atomic E-state index is 8.94. The Kier molecular flexibility index (Phi) is 3.32. The number of thioether (sulfide) groups is 1. The average molecular weight is 192 g/mol. The van der Waals surface area contributed by atoms with Crippen LogP contribution in [0.15, 0.2) is 27.8 Å². The monoisotopic (exact) mass is 192 g/mol. The first kappa shape index (κ1) is 10.1. The van der Waals surface area contributed by atoms with Gasteiger partial charge in [0, 0.05) is 0 Å². The summed E-state index contributed by atoms with van der Waals surface area (Å²) in [7, 11) is 0. The second kappa shape index (κ2) is 4.29. The Morgan fingerprint density at radius 2 is 2.23 bits per heavy atom. The molecule has 0 spiro atoms. The van der Waals surface area contributed by atoms with E-state index in [9.17, 15) is 0 Å². The SMILES string of the molecule is CSC1=NCC(C)=CC(C)=C1C#N. The average Bonchev–Trinajstić information content (AvgIpc) is 2.23. The molecule has 0 atom stereocenters. The van der Waals surface area contributed by atoms with Crippen molar-refractivity contribution in [3.63, 3.8) is 0 Å². The molecule has 1 heterocycles. The van der Waals surface area contributed by atoms with Crippen LogP contribution in [-0.2, 0) is 0 Å². The van der Waals surface area contributed by atoms with Gasteiger partial charge >= 0.3 is 0 Å². The first-order chi connectivity index (χ1) is 6.19. The summed E-state index contributed by atoms with van der Waals surface area (Å²) in [6, 6.07) is 2.20. The first-order valence-corrected chi connectivity index (χ1v) is 5.28. The van der Waals surface area contributed by atoms with E-state index in [0.29, 0.717) is 12.1 Å². The van der Waals surface area contributed by atoms with E-state index in [0.717, 1.165) is 10.6 Å². The van der Waals surface area contributed by atoms with Crippen LogP contribution in [0, 0.1) is 11.3 Å². The van der Waals surface area contributed by atoms with E-state index in [1.165, 1.54) is 17.3 Å². The van der Waals surface area contributed by atoms with Crippen LogP contribution < -0.4 is 0 Å². The highest BCUT2D eigenvalue weighted by Gasteiger charge is 2.10. The van der Waals surface area contributed by atoms with Gasteiger partial charge in [-0.25, -0.2) is 0 Å². The predicted octanol–water partition coefficient (Wildman–Crippen LogP) is 2.55. The van der Waals surface area contributed by atoms with Gasteiger partial charge in [-0.1, -0.05) is 11.6 Å². The Balaban J connectivity index is 3.19. The summed E-state index contributed by atoms with van der Waals surface area (Å²) < 4.78 is 0. The molecule has 0 aromatic rings. The standard InChI is InChI=1S/C10H12N2S/c1-7-4-8(2)9(5-11)10(13-3)12-6-7/h4H,6H2,1-3H3. The molecule has 0 aromatic carbocycles. The van der Waals surface area contributed by atoms with Crippen LogP contribution in [0.4, 0.5) is 0 Å². The fourth-order valence-corrected chi connectivity index (χ4v) is 1.84. The van der Waals surface area contributed by atoms with Gasteiger partial charge in [0.05, 0.1) is 12.1 Å². The minimum absolute atomic E-state index is 0.707. The molecular weight excluding hydrogens is 180 g/mol. The Morgan fingerprint density at radius 3 is 2.77 bits per heavy atom. The van der Waals surface area contributed by atoms with Crippen molar-refractivity contribution in [2.24, 2.45) is 4.99 Å². The van der Waals surface area contributed by atoms with Crippen molar-refractivity contribution in [3.8, 4) is 6.07 Å². The summed E-state index contributed by atoms with van der Waals surface area (Å²) in [6.45, 7) is 4.70. The normalized spacial score (nSPS) is 17.4. The van der Waals surface area contributed by atoms with Crippen LogP contribution in [-0.4, -0.2) is 17.8 Å². The van der Waals surface area contributed by atoms with Gasteiger partial charge in [0.2, 0.25) is 0 Å². The van der Waals surface area contributed by atoms with Gasteiger partial charge in [0.25, 0.3) is 0 Å². The number of hydrogen-bond donors (Lipinski definition) is 0. The van der Waals surface area contributed by atoms with Gasteiger partial charge in [0.15, 0.2) is 0 Å². The van der Waals surface area contributed by atoms with Crippen LogP contribution in [0.2, 0.25) is 0 Å². The largest absolute Gasteiger partial charge is 0.273 e. The third-order valence-electron chi connectivity index (χ3n) is 1.85. The van der Waals surface area contributed by atoms with Gasteiger partial charge in [-0.15, -0.1) is 11.8 Å². The Bertz CT molecular complexity index is 342. The molecule has 13 heavy (non-hydrogen) atoms. The van der Waals surface area contributed by atoms with Crippen molar-refractivity contribution in [3.05, 3.63) is 22.8 Å². The van der Waals surface area contributed by atoms with Gasteiger partial charge in [0.1, 0.15) is 11.1 Å². The second-order valence-electron chi connectivity index (χ2n) is 2.99. The second-order valence-corrected chi connectivity index (χ2v) is 3.78. The molecule has 2 nitrogen and oxygen atoms in total. The van der Waals surface area contributed by atoms with E-state index >= 15 is 0 Å². The summed E-state index contributed by atoms with van der Waals surface area (Å²) >= 11 is 1.53. The third kappa shape index (κ3) is 2.22. The van der Waals surface area contributed by atoms with Crippen LogP contribution in [0.1, 0.15) is 13.8 Å². The lowest BCUT2D eigenvalue weighted by Gasteiger charge is -1.99. The molecule has 0 bridgehead atoms. The lowest BCUT2D eigenvalue weighted by Crippen LogP contribution is -1.97. The van der Waals surface area contributed by atoms with E-state index in [2.05, 4.69) is 11.1 Å². The van der Waals surface area contributed by atoms with Gasteiger partial charge in [-0.3, -0.25) is 4.99 Å². The molecule has 0 fully saturated rings. The number of rotatable bonds is 0. The molecule has 0 amide bonds. The molecular formula is C10H12N2S. The maximum Gasteiger partial charge on any atom is 0.109 e. The van der Waals surface area contributed by atoms with Crippen molar-refractivity contribution in [2.45, 2.75) is 13.8 Å². The molecule has 0 saturated carbocycles. The van der Waals surface area contributed by atoms with E-state index in [4.69, 9.17) is 5.26 Å². The molecule has 1 rings (SSSR count). The van der Waals surface area contributed by atoms with Crippen molar-refractivity contribution in [2.75, 3.05) is 12.8 Å². The summed E-state index contributed by atoms with van der Waals surface area (Å²) in [5, 5.41) is 9.80. The van der Waals surface area contributed by atoms with Crippen LogP contribution in [0.3, 0.4) is 0 Å². The summed E-state index contributed by atoms with van der Waals surface area (Å²) in [4.78, 5) is 4.36. The van der Waals surface area contributed by atoms with Crippen molar-refractivity contribution in [1.82, 2.24) is 0 Å². The van der Waals surface area contributed by atoms with Crippen LogP contribution in [0.5, 0.6) is 0 Å². The number of nitrogens with zero attached hydrogens (tertiary/aromatic N) is 2. The summed E-state index contributed by atoms with van der Waals surface area (Å²) in [5.74, 6) is 0. The Hall–Kier alpha value is -1.01. The molecule has 0 radical (unpaired) electrons. The molecule has 0 unspecified atom stereocenters.